The van der Waals surface area contributed by atoms with Gasteiger partial charge >= 0.3 is 0 Å². The van der Waals surface area contributed by atoms with Crippen LogP contribution in [0.4, 0.5) is 0 Å². The average Bonchev–Trinajstić information content (AvgIpc) is 2.30. The molecule has 2 rings (SSSR count). The van der Waals surface area contributed by atoms with E-state index in [1.54, 1.807) is 0 Å². The van der Waals surface area contributed by atoms with E-state index in [4.69, 9.17) is 0 Å². The van der Waals surface area contributed by atoms with E-state index >= 15 is 0 Å². The molecule has 0 fully saturated rings. The summed E-state index contributed by atoms with van der Waals surface area (Å²) < 4.78 is 0. The molecule has 0 unspecified atom stereocenters. The molecule has 2 heteroatoms. The highest BCUT2D eigenvalue weighted by Gasteiger charge is 2.16. The lowest BCUT2D eigenvalue weighted by molar-refractivity contribution is 0.0769. The molecule has 1 amide bonds. The van der Waals surface area contributed by atoms with Gasteiger partial charge in [-0.3, -0.25) is 4.79 Å². The van der Waals surface area contributed by atoms with Gasteiger partial charge in [0.15, 0.2) is 0 Å². The number of hydrogen-bond donors (Lipinski definition) is 0. The van der Waals surface area contributed by atoms with Crippen molar-refractivity contribution < 1.29 is 4.79 Å². The SMILES string of the molecule is CC1=CCN(C(=O)c2ccccc2)CC1. The molecule has 0 atom stereocenters. The minimum atomic E-state index is 0.138. The van der Waals surface area contributed by atoms with Crippen molar-refractivity contribution in [2.75, 3.05) is 13.1 Å². The Morgan fingerprint density at radius 2 is 2.00 bits per heavy atom. The van der Waals surface area contributed by atoms with Gasteiger partial charge in [0.2, 0.25) is 0 Å². The van der Waals surface area contributed by atoms with Gasteiger partial charge in [-0.1, -0.05) is 29.8 Å². The van der Waals surface area contributed by atoms with Crippen molar-refractivity contribution in [3.8, 4) is 0 Å². The molecule has 2 nitrogen and oxygen atoms in total. The van der Waals surface area contributed by atoms with Gasteiger partial charge in [-0.2, -0.15) is 0 Å². The number of amides is 1. The van der Waals surface area contributed by atoms with Crippen molar-refractivity contribution in [3.63, 3.8) is 0 Å². The van der Waals surface area contributed by atoms with E-state index in [0.717, 1.165) is 25.1 Å². The quantitative estimate of drug-likeness (QED) is 0.639. The third kappa shape index (κ3) is 2.27. The summed E-state index contributed by atoms with van der Waals surface area (Å²) in [6.07, 6.45) is 3.13. The van der Waals surface area contributed by atoms with Crippen LogP contribution in [0.25, 0.3) is 0 Å². The lowest BCUT2D eigenvalue weighted by Gasteiger charge is -2.25. The Morgan fingerprint density at radius 1 is 1.27 bits per heavy atom. The summed E-state index contributed by atoms with van der Waals surface area (Å²) in [5, 5.41) is 0. The molecule has 0 aromatic heterocycles. The summed E-state index contributed by atoms with van der Waals surface area (Å²) in [4.78, 5) is 13.9. The highest BCUT2D eigenvalue weighted by atomic mass is 16.2. The second kappa shape index (κ2) is 4.30. The van der Waals surface area contributed by atoms with Gasteiger partial charge in [0.05, 0.1) is 0 Å². The molecule has 0 radical (unpaired) electrons. The zero-order chi connectivity index (χ0) is 10.7. The van der Waals surface area contributed by atoms with Crippen LogP contribution in [0.2, 0.25) is 0 Å². The van der Waals surface area contributed by atoms with Crippen LogP contribution in [0, 0.1) is 0 Å². The van der Waals surface area contributed by atoms with Crippen molar-refractivity contribution in [2.45, 2.75) is 13.3 Å². The number of hydrogen-bond acceptors (Lipinski definition) is 1. The maximum Gasteiger partial charge on any atom is 0.254 e. The summed E-state index contributed by atoms with van der Waals surface area (Å²) in [6.45, 7) is 3.71. The van der Waals surface area contributed by atoms with Crippen LogP contribution in [0.5, 0.6) is 0 Å². The maximum atomic E-state index is 12.0. The molecule has 78 valence electrons. The zero-order valence-electron chi connectivity index (χ0n) is 8.94. The molecular formula is C13H15NO. The van der Waals surface area contributed by atoms with E-state index in [9.17, 15) is 4.79 Å². The van der Waals surface area contributed by atoms with Crippen molar-refractivity contribution in [2.24, 2.45) is 0 Å². The van der Waals surface area contributed by atoms with Crippen LogP contribution in [-0.4, -0.2) is 23.9 Å². The number of carbonyl (C=O) groups excluding carboxylic acids is 1. The van der Waals surface area contributed by atoms with Gasteiger partial charge in [0.1, 0.15) is 0 Å². The van der Waals surface area contributed by atoms with Gasteiger partial charge in [0, 0.05) is 18.7 Å². The lowest BCUT2D eigenvalue weighted by Crippen LogP contribution is -2.34. The molecule has 0 spiro atoms. The van der Waals surface area contributed by atoms with E-state index in [1.807, 2.05) is 35.2 Å². The summed E-state index contributed by atoms with van der Waals surface area (Å²) in [6, 6.07) is 9.47. The van der Waals surface area contributed by atoms with Crippen molar-refractivity contribution in [1.29, 1.82) is 0 Å². The molecule has 0 bridgehead atoms. The highest BCUT2D eigenvalue weighted by Crippen LogP contribution is 2.12. The number of rotatable bonds is 1. The Labute approximate surface area is 90.2 Å². The first-order valence-electron chi connectivity index (χ1n) is 5.27. The van der Waals surface area contributed by atoms with Crippen molar-refractivity contribution in [1.82, 2.24) is 4.90 Å². The van der Waals surface area contributed by atoms with E-state index in [1.165, 1.54) is 5.57 Å². The Morgan fingerprint density at radius 3 is 2.60 bits per heavy atom. The average molecular weight is 201 g/mol. The van der Waals surface area contributed by atoms with E-state index in [0.29, 0.717) is 0 Å². The van der Waals surface area contributed by atoms with Crippen molar-refractivity contribution in [3.05, 3.63) is 47.5 Å². The highest BCUT2D eigenvalue weighted by molar-refractivity contribution is 5.94. The largest absolute Gasteiger partial charge is 0.335 e. The minimum Gasteiger partial charge on any atom is -0.335 e. The second-order valence-corrected chi connectivity index (χ2v) is 3.92. The van der Waals surface area contributed by atoms with Crippen LogP contribution in [0.15, 0.2) is 42.0 Å². The normalized spacial score (nSPS) is 16.1. The summed E-state index contributed by atoms with van der Waals surface area (Å²) in [7, 11) is 0. The maximum absolute atomic E-state index is 12.0. The standard InChI is InChI=1S/C13H15NO/c1-11-7-9-14(10-8-11)13(15)12-5-3-2-4-6-12/h2-7H,8-10H2,1H3. The first-order valence-corrected chi connectivity index (χ1v) is 5.27. The predicted octanol–water partition coefficient (Wildman–Crippen LogP) is 2.48. The van der Waals surface area contributed by atoms with Gasteiger partial charge in [-0.25, -0.2) is 0 Å². The lowest BCUT2D eigenvalue weighted by atomic mass is 10.1. The topological polar surface area (TPSA) is 20.3 Å². The fraction of sp³-hybridized carbons (Fsp3) is 0.308. The van der Waals surface area contributed by atoms with Gasteiger partial charge in [-0.05, 0) is 25.5 Å². The smallest absolute Gasteiger partial charge is 0.254 e. The molecular weight excluding hydrogens is 186 g/mol. The Kier molecular flexibility index (Phi) is 2.86. The molecule has 1 heterocycles. The Hall–Kier alpha value is -1.57. The monoisotopic (exact) mass is 201 g/mol. The molecule has 1 aliphatic rings. The van der Waals surface area contributed by atoms with Crippen LogP contribution in [0.1, 0.15) is 23.7 Å². The predicted molar refractivity (Wildman–Crippen MR) is 60.7 cm³/mol. The van der Waals surface area contributed by atoms with E-state index < -0.39 is 0 Å². The summed E-state index contributed by atoms with van der Waals surface area (Å²) in [5.74, 6) is 0.138. The molecule has 15 heavy (non-hydrogen) atoms. The fourth-order valence-electron chi connectivity index (χ4n) is 1.72. The third-order valence-corrected chi connectivity index (χ3v) is 2.74. The van der Waals surface area contributed by atoms with Gasteiger partial charge < -0.3 is 4.90 Å². The number of carbonyl (C=O) groups is 1. The Balaban J connectivity index is 2.10. The van der Waals surface area contributed by atoms with Crippen LogP contribution >= 0.6 is 0 Å². The molecule has 0 saturated heterocycles. The molecule has 0 saturated carbocycles. The van der Waals surface area contributed by atoms with Crippen molar-refractivity contribution >= 4 is 5.91 Å². The molecule has 1 aliphatic heterocycles. The van der Waals surface area contributed by atoms with E-state index in [-0.39, 0.29) is 5.91 Å². The third-order valence-electron chi connectivity index (χ3n) is 2.74. The first kappa shape index (κ1) is 9.97. The van der Waals surface area contributed by atoms with Crippen LogP contribution < -0.4 is 0 Å². The van der Waals surface area contributed by atoms with Gasteiger partial charge in [-0.15, -0.1) is 0 Å². The summed E-state index contributed by atoms with van der Waals surface area (Å²) in [5.41, 5.74) is 2.16. The first-order chi connectivity index (χ1) is 7.27. The van der Waals surface area contributed by atoms with Crippen LogP contribution in [-0.2, 0) is 0 Å². The number of nitrogens with zero attached hydrogens (tertiary/aromatic N) is 1. The molecule has 0 N–H and O–H groups in total. The number of benzene rings is 1. The summed E-state index contributed by atoms with van der Waals surface area (Å²) >= 11 is 0. The van der Waals surface area contributed by atoms with E-state index in [2.05, 4.69) is 13.0 Å². The van der Waals surface area contributed by atoms with Gasteiger partial charge in [0.25, 0.3) is 5.91 Å². The fourth-order valence-corrected chi connectivity index (χ4v) is 1.72. The molecule has 1 aromatic rings. The second-order valence-electron chi connectivity index (χ2n) is 3.92. The molecule has 1 aromatic carbocycles. The molecule has 0 aliphatic carbocycles. The minimum absolute atomic E-state index is 0.138. The zero-order valence-corrected chi connectivity index (χ0v) is 8.94. The Bertz CT molecular complexity index is 381. The van der Waals surface area contributed by atoms with Crippen LogP contribution in [0.3, 0.4) is 0 Å².